The molecular weight excluding hydrogens is 149 g/mol. The van der Waals surface area contributed by atoms with Crippen LogP contribution in [-0.2, 0) is 0 Å². The van der Waals surface area contributed by atoms with E-state index in [0.717, 1.165) is 4.90 Å². The lowest BCUT2D eigenvalue weighted by Crippen LogP contribution is -1.88. The molecule has 1 rings (SSSR count). The normalized spacial score (nSPS) is 9.80. The van der Waals surface area contributed by atoms with E-state index in [4.69, 9.17) is 5.73 Å². The summed E-state index contributed by atoms with van der Waals surface area (Å²) in [6.45, 7) is 0. The smallest absolute Gasteiger partial charge is 0.125 e. The molecule has 0 saturated carbocycles. The van der Waals surface area contributed by atoms with Gasteiger partial charge < -0.3 is 5.73 Å². The molecule has 0 bridgehead atoms. The zero-order chi connectivity index (χ0) is 7.56. The summed E-state index contributed by atoms with van der Waals surface area (Å²) in [5.74, 6) is -0.282. The van der Waals surface area contributed by atoms with E-state index in [-0.39, 0.29) is 5.82 Å². The molecule has 0 amide bonds. The van der Waals surface area contributed by atoms with Crippen molar-refractivity contribution in [1.29, 1.82) is 0 Å². The lowest BCUT2D eigenvalue weighted by Gasteiger charge is -1.99. The number of nitrogens with two attached hydrogens (primary N) is 1. The lowest BCUT2D eigenvalue weighted by atomic mass is 10.3. The van der Waals surface area contributed by atoms with Gasteiger partial charge in [-0.25, -0.2) is 4.39 Å². The first-order valence-electron chi connectivity index (χ1n) is 2.83. The Labute approximate surface area is 63.4 Å². The van der Waals surface area contributed by atoms with Crippen LogP contribution in [0.15, 0.2) is 23.1 Å². The highest BCUT2D eigenvalue weighted by molar-refractivity contribution is 7.98. The van der Waals surface area contributed by atoms with Gasteiger partial charge in [-0.15, -0.1) is 11.8 Å². The van der Waals surface area contributed by atoms with Crippen LogP contribution in [0.1, 0.15) is 0 Å². The Morgan fingerprint density at radius 3 is 2.70 bits per heavy atom. The molecular formula is C7H8FNS. The van der Waals surface area contributed by atoms with Gasteiger partial charge in [0.2, 0.25) is 0 Å². The van der Waals surface area contributed by atoms with Crippen LogP contribution in [0.4, 0.5) is 10.1 Å². The molecule has 0 aliphatic heterocycles. The zero-order valence-corrected chi connectivity index (χ0v) is 6.41. The number of hydrogen-bond acceptors (Lipinski definition) is 2. The van der Waals surface area contributed by atoms with Gasteiger partial charge in [0.25, 0.3) is 0 Å². The summed E-state index contributed by atoms with van der Waals surface area (Å²) < 4.78 is 12.4. The quantitative estimate of drug-likeness (QED) is 0.499. The molecule has 1 aromatic rings. The van der Waals surface area contributed by atoms with Gasteiger partial charge in [0, 0.05) is 10.6 Å². The van der Waals surface area contributed by atoms with E-state index in [1.54, 1.807) is 6.07 Å². The highest BCUT2D eigenvalue weighted by Gasteiger charge is 1.96. The van der Waals surface area contributed by atoms with Gasteiger partial charge in [0.15, 0.2) is 0 Å². The monoisotopic (exact) mass is 157 g/mol. The summed E-state index contributed by atoms with van der Waals surface area (Å²) in [5, 5.41) is 0. The van der Waals surface area contributed by atoms with Crippen LogP contribution in [0.25, 0.3) is 0 Å². The summed E-state index contributed by atoms with van der Waals surface area (Å²) in [5.41, 5.74) is 5.98. The van der Waals surface area contributed by atoms with Gasteiger partial charge in [-0.2, -0.15) is 0 Å². The summed E-state index contributed by atoms with van der Waals surface area (Å²) in [6.07, 6.45) is 1.91. The molecule has 0 fully saturated rings. The Balaban J connectivity index is 3.07. The summed E-state index contributed by atoms with van der Waals surface area (Å²) in [6, 6.07) is 4.41. The Hall–Kier alpha value is -0.700. The summed E-state index contributed by atoms with van der Waals surface area (Å²) in [7, 11) is 0. The van der Waals surface area contributed by atoms with E-state index in [9.17, 15) is 4.39 Å². The molecule has 0 heterocycles. The first-order chi connectivity index (χ1) is 4.74. The van der Waals surface area contributed by atoms with Crippen LogP contribution in [0.3, 0.4) is 0 Å². The van der Waals surface area contributed by atoms with Crippen molar-refractivity contribution in [3.63, 3.8) is 0 Å². The number of rotatable bonds is 1. The average molecular weight is 157 g/mol. The number of halogens is 1. The molecule has 54 valence electrons. The third-order valence-electron chi connectivity index (χ3n) is 1.19. The molecule has 0 saturated heterocycles. The largest absolute Gasteiger partial charge is 0.398 e. The molecule has 0 aliphatic carbocycles. The minimum absolute atomic E-state index is 0.282. The second-order valence-electron chi connectivity index (χ2n) is 1.89. The Morgan fingerprint density at radius 2 is 2.20 bits per heavy atom. The molecule has 0 atom stereocenters. The highest BCUT2D eigenvalue weighted by Crippen LogP contribution is 2.22. The SMILES string of the molecule is CSc1ccc(F)cc1N. The predicted octanol–water partition coefficient (Wildman–Crippen LogP) is 2.13. The maximum absolute atomic E-state index is 12.4. The van der Waals surface area contributed by atoms with Gasteiger partial charge in [-0.05, 0) is 24.5 Å². The van der Waals surface area contributed by atoms with Crippen molar-refractivity contribution in [2.45, 2.75) is 4.90 Å². The number of anilines is 1. The van der Waals surface area contributed by atoms with Crippen molar-refractivity contribution in [3.05, 3.63) is 24.0 Å². The second kappa shape index (κ2) is 2.92. The molecule has 0 aromatic heterocycles. The van der Waals surface area contributed by atoms with Crippen molar-refractivity contribution < 1.29 is 4.39 Å². The van der Waals surface area contributed by atoms with Crippen LogP contribution in [-0.4, -0.2) is 6.26 Å². The number of thioether (sulfide) groups is 1. The van der Waals surface area contributed by atoms with Crippen molar-refractivity contribution in [3.8, 4) is 0 Å². The Morgan fingerprint density at radius 1 is 1.50 bits per heavy atom. The van der Waals surface area contributed by atoms with Gasteiger partial charge in [0.1, 0.15) is 5.82 Å². The van der Waals surface area contributed by atoms with Gasteiger partial charge in [-0.1, -0.05) is 0 Å². The molecule has 1 aromatic carbocycles. The molecule has 3 heteroatoms. The van der Waals surface area contributed by atoms with E-state index in [0.29, 0.717) is 5.69 Å². The van der Waals surface area contributed by atoms with Crippen LogP contribution in [0, 0.1) is 5.82 Å². The summed E-state index contributed by atoms with van der Waals surface area (Å²) >= 11 is 1.51. The van der Waals surface area contributed by atoms with Crippen molar-refractivity contribution in [2.24, 2.45) is 0 Å². The fourth-order valence-corrected chi connectivity index (χ4v) is 1.20. The minimum Gasteiger partial charge on any atom is -0.398 e. The Bertz CT molecular complexity index is 237. The van der Waals surface area contributed by atoms with E-state index in [2.05, 4.69) is 0 Å². The third-order valence-corrected chi connectivity index (χ3v) is 2.00. The van der Waals surface area contributed by atoms with E-state index >= 15 is 0 Å². The molecule has 0 unspecified atom stereocenters. The van der Waals surface area contributed by atoms with Crippen LogP contribution >= 0.6 is 11.8 Å². The first kappa shape index (κ1) is 7.41. The zero-order valence-electron chi connectivity index (χ0n) is 5.60. The number of hydrogen-bond donors (Lipinski definition) is 1. The second-order valence-corrected chi connectivity index (χ2v) is 2.73. The van der Waals surface area contributed by atoms with Crippen LogP contribution in [0.2, 0.25) is 0 Å². The fourth-order valence-electron chi connectivity index (χ4n) is 0.705. The maximum Gasteiger partial charge on any atom is 0.125 e. The fraction of sp³-hybridized carbons (Fsp3) is 0.143. The molecule has 10 heavy (non-hydrogen) atoms. The molecule has 0 aliphatic rings. The van der Waals surface area contributed by atoms with Crippen molar-refractivity contribution in [2.75, 3.05) is 12.0 Å². The first-order valence-corrected chi connectivity index (χ1v) is 4.05. The molecule has 0 radical (unpaired) electrons. The topological polar surface area (TPSA) is 26.0 Å². The molecule has 2 N–H and O–H groups in total. The van der Waals surface area contributed by atoms with Gasteiger partial charge in [0.05, 0.1) is 0 Å². The molecule has 1 nitrogen and oxygen atoms in total. The predicted molar refractivity (Wildman–Crippen MR) is 42.6 cm³/mol. The standard InChI is InChI=1S/C7H8FNS/c1-10-7-3-2-5(8)4-6(7)9/h2-4H,9H2,1H3. The van der Waals surface area contributed by atoms with Crippen LogP contribution < -0.4 is 5.73 Å². The van der Waals surface area contributed by atoms with Crippen molar-refractivity contribution in [1.82, 2.24) is 0 Å². The van der Waals surface area contributed by atoms with E-state index < -0.39 is 0 Å². The molecule has 0 spiro atoms. The van der Waals surface area contributed by atoms with Gasteiger partial charge in [-0.3, -0.25) is 0 Å². The Kier molecular flexibility index (Phi) is 2.17. The number of benzene rings is 1. The maximum atomic E-state index is 12.4. The highest BCUT2D eigenvalue weighted by atomic mass is 32.2. The van der Waals surface area contributed by atoms with E-state index in [1.165, 1.54) is 23.9 Å². The van der Waals surface area contributed by atoms with Crippen LogP contribution in [0.5, 0.6) is 0 Å². The van der Waals surface area contributed by atoms with Crippen molar-refractivity contribution >= 4 is 17.4 Å². The average Bonchev–Trinajstić information content (AvgIpc) is 1.88. The minimum atomic E-state index is -0.282. The third kappa shape index (κ3) is 1.42. The van der Waals surface area contributed by atoms with E-state index in [1.807, 2.05) is 6.26 Å². The summed E-state index contributed by atoms with van der Waals surface area (Å²) in [4.78, 5) is 0.918. The van der Waals surface area contributed by atoms with Gasteiger partial charge >= 0.3 is 0 Å². The number of nitrogen functional groups attached to an aromatic ring is 1. The lowest BCUT2D eigenvalue weighted by molar-refractivity contribution is 0.627.